The molecule has 2 rings (SSSR count). The number of thioether (sulfide) groups is 1. The number of aromatic nitrogens is 1. The molecule has 0 saturated carbocycles. The summed E-state index contributed by atoms with van der Waals surface area (Å²) in [5.74, 6) is 2.27. The van der Waals surface area contributed by atoms with E-state index < -0.39 is 0 Å². The molecule has 2 heterocycles. The average Bonchev–Trinajstić information content (AvgIpc) is 2.81. The smallest absolute Gasteiger partial charge is 0.113 e. The maximum absolute atomic E-state index is 5.81. The number of rotatable bonds is 4. The molecule has 0 bridgehead atoms. The largest absolute Gasteiger partial charge is 0.468 e. The lowest BCUT2D eigenvalue weighted by Crippen LogP contribution is -1.92. The van der Waals surface area contributed by atoms with E-state index in [1.807, 2.05) is 18.2 Å². The molecule has 0 aliphatic rings. The lowest BCUT2D eigenvalue weighted by molar-refractivity contribution is 0.530. The molecule has 0 radical (unpaired) electrons. The second kappa shape index (κ2) is 6.94. The van der Waals surface area contributed by atoms with Gasteiger partial charge in [-0.25, -0.2) is 0 Å². The van der Waals surface area contributed by atoms with Crippen LogP contribution in [0.4, 0.5) is 0 Å². The van der Waals surface area contributed by atoms with Gasteiger partial charge < -0.3 is 4.42 Å². The van der Waals surface area contributed by atoms with Crippen LogP contribution >= 0.6 is 35.8 Å². The molecule has 0 amide bonds. The number of pyridine rings is 1. The van der Waals surface area contributed by atoms with Crippen LogP contribution in [0.2, 0.25) is 0 Å². The second-order valence-electron chi connectivity index (χ2n) is 3.38. The fourth-order valence-corrected chi connectivity index (χ4v) is 2.62. The maximum atomic E-state index is 5.81. The molecular weight excluding hydrogens is 277 g/mol. The molecule has 2 aromatic rings. The number of hydrogen-bond donors (Lipinski definition) is 0. The molecule has 0 saturated heterocycles. The fourth-order valence-electron chi connectivity index (χ4n) is 1.39. The van der Waals surface area contributed by atoms with Crippen molar-refractivity contribution in [3.63, 3.8) is 0 Å². The molecule has 0 aliphatic heterocycles. The Labute approximate surface area is 116 Å². The van der Waals surface area contributed by atoms with Gasteiger partial charge >= 0.3 is 0 Å². The predicted molar refractivity (Wildman–Crippen MR) is 74.0 cm³/mol. The molecule has 17 heavy (non-hydrogen) atoms. The standard InChI is InChI=1S/C12H12ClNOS.ClH/c1-9-11(7-13)14-5-4-12(9)16-8-10-3-2-6-15-10;/h2-6H,7-8H2,1H3;1H. The monoisotopic (exact) mass is 289 g/mol. The zero-order valence-corrected chi connectivity index (χ0v) is 11.7. The summed E-state index contributed by atoms with van der Waals surface area (Å²) < 4.78 is 5.29. The number of furan rings is 1. The van der Waals surface area contributed by atoms with Crippen LogP contribution < -0.4 is 0 Å². The highest BCUT2D eigenvalue weighted by Gasteiger charge is 2.06. The molecule has 0 atom stereocenters. The van der Waals surface area contributed by atoms with Crippen LogP contribution in [0.15, 0.2) is 40.0 Å². The molecule has 0 unspecified atom stereocenters. The molecule has 2 nitrogen and oxygen atoms in total. The summed E-state index contributed by atoms with van der Waals surface area (Å²) in [6.07, 6.45) is 3.49. The fraction of sp³-hybridized carbons (Fsp3) is 0.250. The Bertz CT molecular complexity index is 460. The van der Waals surface area contributed by atoms with E-state index in [2.05, 4.69) is 11.9 Å². The van der Waals surface area contributed by atoms with Crippen molar-refractivity contribution >= 4 is 35.8 Å². The van der Waals surface area contributed by atoms with E-state index in [0.29, 0.717) is 5.88 Å². The molecule has 5 heteroatoms. The second-order valence-corrected chi connectivity index (χ2v) is 4.67. The van der Waals surface area contributed by atoms with Gasteiger partial charge in [-0.15, -0.1) is 35.8 Å². The molecular formula is C12H13Cl2NOS. The van der Waals surface area contributed by atoms with Gasteiger partial charge in [0, 0.05) is 11.1 Å². The minimum absolute atomic E-state index is 0. The first kappa shape index (κ1) is 14.4. The van der Waals surface area contributed by atoms with Crippen molar-refractivity contribution in [1.82, 2.24) is 4.98 Å². The Morgan fingerprint density at radius 3 is 2.88 bits per heavy atom. The Morgan fingerprint density at radius 2 is 2.24 bits per heavy atom. The lowest BCUT2D eigenvalue weighted by Gasteiger charge is -2.07. The van der Waals surface area contributed by atoms with Crippen molar-refractivity contribution in [2.45, 2.75) is 23.5 Å². The minimum Gasteiger partial charge on any atom is -0.468 e. The molecule has 2 aromatic heterocycles. The van der Waals surface area contributed by atoms with Crippen LogP contribution in [0.25, 0.3) is 0 Å². The zero-order valence-electron chi connectivity index (χ0n) is 9.35. The number of alkyl halides is 1. The summed E-state index contributed by atoms with van der Waals surface area (Å²) in [5.41, 5.74) is 2.11. The summed E-state index contributed by atoms with van der Waals surface area (Å²) in [4.78, 5) is 5.44. The highest BCUT2D eigenvalue weighted by atomic mass is 35.5. The van der Waals surface area contributed by atoms with Crippen LogP contribution in [-0.2, 0) is 11.6 Å². The van der Waals surface area contributed by atoms with Gasteiger partial charge in [0.25, 0.3) is 0 Å². The van der Waals surface area contributed by atoms with Crippen LogP contribution in [0.5, 0.6) is 0 Å². The van der Waals surface area contributed by atoms with Crippen molar-refractivity contribution in [1.29, 1.82) is 0 Å². The van der Waals surface area contributed by atoms with Gasteiger partial charge in [0.2, 0.25) is 0 Å². The summed E-state index contributed by atoms with van der Waals surface area (Å²) in [7, 11) is 0. The minimum atomic E-state index is 0. The summed E-state index contributed by atoms with van der Waals surface area (Å²) in [5, 5.41) is 0. The van der Waals surface area contributed by atoms with E-state index in [0.717, 1.165) is 22.8 Å². The molecule has 0 N–H and O–H groups in total. The summed E-state index contributed by atoms with van der Waals surface area (Å²) >= 11 is 7.56. The van der Waals surface area contributed by atoms with E-state index >= 15 is 0 Å². The van der Waals surface area contributed by atoms with E-state index in [-0.39, 0.29) is 12.4 Å². The normalized spacial score (nSPS) is 10.0. The Balaban J connectivity index is 0.00000144. The van der Waals surface area contributed by atoms with Gasteiger partial charge in [-0.2, -0.15) is 0 Å². The quantitative estimate of drug-likeness (QED) is 0.615. The Morgan fingerprint density at radius 1 is 1.41 bits per heavy atom. The van der Waals surface area contributed by atoms with Crippen LogP contribution in [0.1, 0.15) is 17.0 Å². The van der Waals surface area contributed by atoms with Crippen LogP contribution in [0, 0.1) is 6.92 Å². The molecule has 92 valence electrons. The van der Waals surface area contributed by atoms with Crippen molar-refractivity contribution in [3.05, 3.63) is 47.7 Å². The van der Waals surface area contributed by atoms with Crippen molar-refractivity contribution < 1.29 is 4.42 Å². The van der Waals surface area contributed by atoms with Crippen LogP contribution in [-0.4, -0.2) is 4.98 Å². The highest BCUT2D eigenvalue weighted by Crippen LogP contribution is 2.27. The first-order valence-electron chi connectivity index (χ1n) is 4.97. The van der Waals surface area contributed by atoms with Gasteiger partial charge in [0.1, 0.15) is 5.76 Å². The van der Waals surface area contributed by atoms with Gasteiger partial charge in [-0.3, -0.25) is 4.98 Å². The summed E-state index contributed by atoms with van der Waals surface area (Å²) in [6, 6.07) is 5.89. The van der Waals surface area contributed by atoms with Crippen LogP contribution in [0.3, 0.4) is 0 Å². The van der Waals surface area contributed by atoms with E-state index in [1.165, 1.54) is 4.90 Å². The predicted octanol–water partition coefficient (Wildman–Crippen LogP) is 4.44. The SMILES string of the molecule is Cc1c(SCc2ccco2)ccnc1CCl.Cl. The first-order valence-corrected chi connectivity index (χ1v) is 6.49. The highest BCUT2D eigenvalue weighted by molar-refractivity contribution is 7.98. The van der Waals surface area contributed by atoms with E-state index in [1.54, 1.807) is 24.2 Å². The third-order valence-electron chi connectivity index (χ3n) is 2.34. The third-order valence-corrected chi connectivity index (χ3v) is 3.77. The Kier molecular flexibility index (Phi) is 5.89. The molecule has 0 spiro atoms. The van der Waals surface area contributed by atoms with Gasteiger partial charge in [-0.1, -0.05) is 0 Å². The molecule has 0 fully saturated rings. The van der Waals surface area contributed by atoms with E-state index in [9.17, 15) is 0 Å². The number of nitrogens with zero attached hydrogens (tertiary/aromatic N) is 1. The van der Waals surface area contributed by atoms with E-state index in [4.69, 9.17) is 16.0 Å². The van der Waals surface area contributed by atoms with Crippen molar-refractivity contribution in [3.8, 4) is 0 Å². The number of hydrogen-bond acceptors (Lipinski definition) is 3. The maximum Gasteiger partial charge on any atom is 0.113 e. The van der Waals surface area contributed by atoms with Crippen molar-refractivity contribution in [2.75, 3.05) is 0 Å². The lowest BCUT2D eigenvalue weighted by atomic mass is 10.2. The van der Waals surface area contributed by atoms with Gasteiger partial charge in [0.05, 0.1) is 23.6 Å². The number of halogens is 2. The molecule has 0 aliphatic carbocycles. The van der Waals surface area contributed by atoms with Crippen molar-refractivity contribution in [2.24, 2.45) is 0 Å². The Hall–Kier alpha value is -0.640. The zero-order chi connectivity index (χ0) is 11.4. The average molecular weight is 290 g/mol. The molecule has 0 aromatic carbocycles. The summed E-state index contributed by atoms with van der Waals surface area (Å²) in [6.45, 7) is 2.05. The van der Waals surface area contributed by atoms with Gasteiger partial charge in [-0.05, 0) is 30.7 Å². The van der Waals surface area contributed by atoms with Gasteiger partial charge in [0.15, 0.2) is 0 Å². The third kappa shape index (κ3) is 3.66. The topological polar surface area (TPSA) is 26.0 Å². The first-order chi connectivity index (χ1) is 7.81.